The van der Waals surface area contributed by atoms with Crippen LogP contribution in [0.1, 0.15) is 5.56 Å². The van der Waals surface area contributed by atoms with Gasteiger partial charge in [-0.05, 0) is 29.8 Å². The molecule has 0 aliphatic carbocycles. The van der Waals surface area contributed by atoms with Gasteiger partial charge in [-0.15, -0.1) is 0 Å². The quantitative estimate of drug-likeness (QED) is 0.665. The predicted molar refractivity (Wildman–Crippen MR) is 100 cm³/mol. The molecule has 27 heavy (non-hydrogen) atoms. The number of hydrogen-bond donors (Lipinski definition) is 1. The number of nitrogens with zero attached hydrogens (tertiary/aromatic N) is 3. The Bertz CT molecular complexity index is 1050. The summed E-state index contributed by atoms with van der Waals surface area (Å²) in [6.45, 7) is 0.107. The summed E-state index contributed by atoms with van der Waals surface area (Å²) >= 11 is 0. The van der Waals surface area contributed by atoms with Crippen molar-refractivity contribution >= 4 is 10.0 Å². The van der Waals surface area contributed by atoms with Crippen molar-refractivity contribution in [2.45, 2.75) is 11.4 Å². The van der Waals surface area contributed by atoms with Gasteiger partial charge in [0.2, 0.25) is 10.0 Å². The third-order valence-electron chi connectivity index (χ3n) is 4.04. The number of sulfonamides is 1. The number of hydrogen-bond acceptors (Lipinski definition) is 6. The van der Waals surface area contributed by atoms with Crippen LogP contribution in [0.2, 0.25) is 0 Å². The van der Waals surface area contributed by atoms with Crippen molar-refractivity contribution in [3.63, 3.8) is 0 Å². The van der Waals surface area contributed by atoms with Crippen molar-refractivity contribution in [1.82, 2.24) is 19.5 Å². The van der Waals surface area contributed by atoms with Crippen molar-refractivity contribution in [3.8, 4) is 22.8 Å². The highest BCUT2D eigenvalue weighted by Crippen LogP contribution is 2.29. The molecule has 0 aliphatic rings. The average Bonchev–Trinajstić information content (AvgIpc) is 3.12. The van der Waals surface area contributed by atoms with Crippen molar-refractivity contribution in [3.05, 3.63) is 54.5 Å². The standard InChI is InChI=1S/C18H20N4O4S/c1-22-16(6-7-20-22)14-8-13(10-19-12-14)11-21-27(23,24)15-4-5-17(25-2)18(9-15)26-3/h4-10,12,21H,11H2,1-3H3. The molecule has 142 valence electrons. The molecule has 0 bridgehead atoms. The van der Waals surface area contributed by atoms with Gasteiger partial charge in [0.15, 0.2) is 11.5 Å². The van der Waals surface area contributed by atoms with Crippen LogP contribution in [0.4, 0.5) is 0 Å². The molecule has 0 unspecified atom stereocenters. The largest absolute Gasteiger partial charge is 0.493 e. The van der Waals surface area contributed by atoms with Crippen LogP contribution < -0.4 is 14.2 Å². The molecule has 0 fully saturated rings. The number of aryl methyl sites for hydroxylation is 1. The summed E-state index contributed by atoms with van der Waals surface area (Å²) in [5, 5.41) is 4.13. The number of benzene rings is 1. The van der Waals surface area contributed by atoms with Crippen LogP contribution in [0.5, 0.6) is 11.5 Å². The lowest BCUT2D eigenvalue weighted by atomic mass is 10.1. The van der Waals surface area contributed by atoms with Crippen LogP contribution in [-0.4, -0.2) is 37.4 Å². The molecule has 1 N–H and O–H groups in total. The maximum absolute atomic E-state index is 12.6. The van der Waals surface area contributed by atoms with Crippen LogP contribution in [0.25, 0.3) is 11.3 Å². The molecule has 0 radical (unpaired) electrons. The first-order valence-electron chi connectivity index (χ1n) is 8.08. The zero-order valence-electron chi connectivity index (χ0n) is 15.2. The highest BCUT2D eigenvalue weighted by Gasteiger charge is 2.17. The molecule has 2 heterocycles. The molecule has 0 aliphatic heterocycles. The van der Waals surface area contributed by atoms with Gasteiger partial charge in [-0.2, -0.15) is 5.10 Å². The molecule has 9 heteroatoms. The smallest absolute Gasteiger partial charge is 0.241 e. The van der Waals surface area contributed by atoms with Gasteiger partial charge in [-0.3, -0.25) is 9.67 Å². The Kier molecular flexibility index (Phi) is 5.43. The molecule has 2 aromatic heterocycles. The Morgan fingerprint density at radius 2 is 1.85 bits per heavy atom. The summed E-state index contributed by atoms with van der Waals surface area (Å²) in [6.07, 6.45) is 5.03. The predicted octanol–water partition coefficient (Wildman–Crippen LogP) is 1.98. The van der Waals surface area contributed by atoms with Gasteiger partial charge in [-0.1, -0.05) is 0 Å². The zero-order chi connectivity index (χ0) is 19.4. The van der Waals surface area contributed by atoms with Gasteiger partial charge in [0, 0.05) is 43.8 Å². The van der Waals surface area contributed by atoms with E-state index in [0.29, 0.717) is 11.5 Å². The van der Waals surface area contributed by atoms with Crippen LogP contribution in [0.15, 0.2) is 53.8 Å². The molecule has 0 amide bonds. The fourth-order valence-corrected chi connectivity index (χ4v) is 3.66. The lowest BCUT2D eigenvalue weighted by Gasteiger charge is -2.11. The van der Waals surface area contributed by atoms with Crippen molar-refractivity contribution in [2.75, 3.05) is 14.2 Å². The lowest BCUT2D eigenvalue weighted by molar-refractivity contribution is 0.354. The monoisotopic (exact) mass is 388 g/mol. The summed E-state index contributed by atoms with van der Waals surface area (Å²) < 4.78 is 39.8. The minimum atomic E-state index is -3.72. The maximum atomic E-state index is 12.6. The van der Waals surface area contributed by atoms with E-state index in [2.05, 4.69) is 14.8 Å². The number of ether oxygens (including phenoxy) is 2. The van der Waals surface area contributed by atoms with E-state index >= 15 is 0 Å². The Hall–Kier alpha value is -2.91. The van der Waals surface area contributed by atoms with E-state index in [9.17, 15) is 8.42 Å². The molecule has 3 aromatic rings. The number of rotatable bonds is 7. The minimum Gasteiger partial charge on any atom is -0.493 e. The Morgan fingerprint density at radius 3 is 2.52 bits per heavy atom. The molecule has 3 rings (SSSR count). The highest BCUT2D eigenvalue weighted by atomic mass is 32.2. The average molecular weight is 388 g/mol. The van der Waals surface area contributed by atoms with Gasteiger partial charge >= 0.3 is 0 Å². The number of aromatic nitrogens is 3. The second-order valence-corrected chi connectivity index (χ2v) is 7.53. The Labute approximate surface area is 157 Å². The van der Waals surface area contributed by atoms with E-state index in [1.165, 1.54) is 26.4 Å². The second kappa shape index (κ2) is 7.77. The van der Waals surface area contributed by atoms with E-state index in [0.717, 1.165) is 16.8 Å². The molecule has 1 aromatic carbocycles. The third kappa shape index (κ3) is 4.09. The molecular formula is C18H20N4O4S. The van der Waals surface area contributed by atoms with Crippen LogP contribution in [0.3, 0.4) is 0 Å². The highest BCUT2D eigenvalue weighted by molar-refractivity contribution is 7.89. The van der Waals surface area contributed by atoms with Gasteiger partial charge in [0.05, 0.1) is 24.8 Å². The first-order chi connectivity index (χ1) is 12.9. The van der Waals surface area contributed by atoms with E-state index < -0.39 is 10.0 Å². The summed E-state index contributed by atoms with van der Waals surface area (Å²) in [5.74, 6) is 0.810. The Morgan fingerprint density at radius 1 is 1.07 bits per heavy atom. The third-order valence-corrected chi connectivity index (χ3v) is 5.44. The van der Waals surface area contributed by atoms with Crippen molar-refractivity contribution in [2.24, 2.45) is 7.05 Å². The first-order valence-corrected chi connectivity index (χ1v) is 9.57. The van der Waals surface area contributed by atoms with E-state index in [4.69, 9.17) is 9.47 Å². The fraction of sp³-hybridized carbons (Fsp3) is 0.222. The maximum Gasteiger partial charge on any atom is 0.241 e. The fourth-order valence-electron chi connectivity index (χ4n) is 2.63. The normalized spacial score (nSPS) is 11.4. The van der Waals surface area contributed by atoms with E-state index in [-0.39, 0.29) is 11.4 Å². The Balaban J connectivity index is 1.79. The summed E-state index contributed by atoms with van der Waals surface area (Å²) in [6, 6.07) is 8.19. The van der Waals surface area contributed by atoms with Crippen LogP contribution >= 0.6 is 0 Å². The van der Waals surface area contributed by atoms with E-state index in [1.54, 1.807) is 29.3 Å². The van der Waals surface area contributed by atoms with Gasteiger partial charge in [0.1, 0.15) is 0 Å². The molecule has 0 spiro atoms. The van der Waals surface area contributed by atoms with Gasteiger partial charge < -0.3 is 9.47 Å². The van der Waals surface area contributed by atoms with Crippen LogP contribution in [0, 0.1) is 0 Å². The second-order valence-electron chi connectivity index (χ2n) is 5.76. The van der Waals surface area contributed by atoms with Crippen molar-refractivity contribution in [1.29, 1.82) is 0 Å². The number of nitrogens with one attached hydrogen (secondary N) is 1. The number of methoxy groups -OCH3 is 2. The molecular weight excluding hydrogens is 368 g/mol. The summed E-state index contributed by atoms with van der Waals surface area (Å²) in [5.41, 5.74) is 2.49. The summed E-state index contributed by atoms with van der Waals surface area (Å²) in [4.78, 5) is 4.29. The summed E-state index contributed by atoms with van der Waals surface area (Å²) in [7, 11) is 1.06. The SMILES string of the molecule is COc1ccc(S(=O)(=O)NCc2cncc(-c3ccnn3C)c2)cc1OC. The topological polar surface area (TPSA) is 95.3 Å². The van der Waals surface area contributed by atoms with Gasteiger partial charge in [-0.25, -0.2) is 13.1 Å². The van der Waals surface area contributed by atoms with Crippen LogP contribution in [-0.2, 0) is 23.6 Å². The number of pyridine rings is 1. The van der Waals surface area contributed by atoms with Crippen molar-refractivity contribution < 1.29 is 17.9 Å². The molecule has 0 atom stereocenters. The first kappa shape index (κ1) is 18.9. The lowest BCUT2D eigenvalue weighted by Crippen LogP contribution is -2.23. The van der Waals surface area contributed by atoms with Gasteiger partial charge in [0.25, 0.3) is 0 Å². The minimum absolute atomic E-state index is 0.0934. The van der Waals surface area contributed by atoms with E-state index in [1.807, 2.05) is 19.2 Å². The molecule has 0 saturated heterocycles. The molecule has 0 saturated carbocycles. The molecule has 8 nitrogen and oxygen atoms in total. The zero-order valence-corrected chi connectivity index (χ0v) is 16.0.